The predicted molar refractivity (Wildman–Crippen MR) is 81.3 cm³/mol. The first-order valence-electron chi connectivity index (χ1n) is 7.43. The largest absolute Gasteiger partial charge is 0.465 e. The Morgan fingerprint density at radius 1 is 1.33 bits per heavy atom. The summed E-state index contributed by atoms with van der Waals surface area (Å²) in [7, 11) is 1.38. The van der Waals surface area contributed by atoms with Crippen LogP contribution in [-0.4, -0.2) is 55.4 Å². The SMILES string of the molecule is COC(=O)c1ccc(C(CC(C)O)N2CCNCC2)cc1. The third kappa shape index (κ3) is 4.27. The predicted octanol–water partition coefficient (Wildman–Crippen LogP) is 1.19. The lowest BCUT2D eigenvalue weighted by atomic mass is 9.97. The highest BCUT2D eigenvalue weighted by Crippen LogP contribution is 2.26. The number of nitrogens with one attached hydrogen (secondary N) is 1. The molecule has 0 saturated carbocycles. The van der Waals surface area contributed by atoms with Gasteiger partial charge < -0.3 is 15.2 Å². The summed E-state index contributed by atoms with van der Waals surface area (Å²) in [5.74, 6) is -0.323. The van der Waals surface area contributed by atoms with Crippen LogP contribution in [0.3, 0.4) is 0 Å². The Labute approximate surface area is 125 Å². The zero-order valence-corrected chi connectivity index (χ0v) is 12.7. The third-order valence-electron chi connectivity index (χ3n) is 3.87. The number of hydrogen-bond acceptors (Lipinski definition) is 5. The number of piperazine rings is 1. The monoisotopic (exact) mass is 292 g/mol. The van der Waals surface area contributed by atoms with Crippen LogP contribution in [0.2, 0.25) is 0 Å². The van der Waals surface area contributed by atoms with Crippen molar-refractivity contribution in [2.75, 3.05) is 33.3 Å². The molecule has 1 aliphatic rings. The van der Waals surface area contributed by atoms with E-state index in [2.05, 4.69) is 10.2 Å². The molecule has 0 aromatic heterocycles. The maximum Gasteiger partial charge on any atom is 0.337 e. The highest BCUT2D eigenvalue weighted by Gasteiger charge is 2.23. The van der Waals surface area contributed by atoms with E-state index in [-0.39, 0.29) is 18.1 Å². The van der Waals surface area contributed by atoms with Crippen LogP contribution in [0.5, 0.6) is 0 Å². The number of hydrogen-bond donors (Lipinski definition) is 2. The van der Waals surface area contributed by atoms with Crippen LogP contribution in [0, 0.1) is 0 Å². The lowest BCUT2D eigenvalue weighted by molar-refractivity contribution is 0.0600. The van der Waals surface area contributed by atoms with Crippen LogP contribution in [-0.2, 0) is 4.74 Å². The highest BCUT2D eigenvalue weighted by atomic mass is 16.5. The number of carbonyl (C=O) groups excluding carboxylic acids is 1. The second kappa shape index (κ2) is 7.54. The molecule has 116 valence electrons. The maximum absolute atomic E-state index is 11.5. The molecule has 1 aromatic rings. The van der Waals surface area contributed by atoms with Crippen molar-refractivity contribution in [2.24, 2.45) is 0 Å². The van der Waals surface area contributed by atoms with Gasteiger partial charge in [0.05, 0.1) is 18.8 Å². The molecule has 0 spiro atoms. The van der Waals surface area contributed by atoms with Crippen molar-refractivity contribution in [3.63, 3.8) is 0 Å². The number of esters is 1. The maximum atomic E-state index is 11.5. The molecule has 0 bridgehead atoms. The number of ether oxygens (including phenoxy) is 1. The van der Waals surface area contributed by atoms with E-state index < -0.39 is 0 Å². The normalized spacial score (nSPS) is 19.0. The second-order valence-corrected chi connectivity index (χ2v) is 5.50. The molecule has 1 aromatic carbocycles. The lowest BCUT2D eigenvalue weighted by Crippen LogP contribution is -2.45. The van der Waals surface area contributed by atoms with Crippen molar-refractivity contribution in [1.29, 1.82) is 0 Å². The molecule has 1 fully saturated rings. The summed E-state index contributed by atoms with van der Waals surface area (Å²) >= 11 is 0. The van der Waals surface area contributed by atoms with E-state index in [1.807, 2.05) is 19.1 Å². The number of benzene rings is 1. The van der Waals surface area contributed by atoms with Crippen molar-refractivity contribution in [3.8, 4) is 0 Å². The van der Waals surface area contributed by atoms with Gasteiger partial charge in [0.25, 0.3) is 0 Å². The molecule has 0 amide bonds. The first-order valence-corrected chi connectivity index (χ1v) is 7.43. The third-order valence-corrected chi connectivity index (χ3v) is 3.87. The van der Waals surface area contributed by atoms with Crippen LogP contribution in [0.25, 0.3) is 0 Å². The summed E-state index contributed by atoms with van der Waals surface area (Å²) in [6, 6.07) is 7.68. The summed E-state index contributed by atoms with van der Waals surface area (Å²) in [5, 5.41) is 13.1. The second-order valence-electron chi connectivity index (χ2n) is 5.50. The fraction of sp³-hybridized carbons (Fsp3) is 0.562. The van der Waals surface area contributed by atoms with Gasteiger partial charge in [0.15, 0.2) is 0 Å². The highest BCUT2D eigenvalue weighted by molar-refractivity contribution is 5.89. The van der Waals surface area contributed by atoms with Gasteiger partial charge in [-0.15, -0.1) is 0 Å². The Balaban J connectivity index is 2.17. The Kier molecular flexibility index (Phi) is 5.73. The molecule has 5 nitrogen and oxygen atoms in total. The summed E-state index contributed by atoms with van der Waals surface area (Å²) in [6.45, 7) is 5.69. The molecule has 21 heavy (non-hydrogen) atoms. The molecule has 2 atom stereocenters. The molecule has 0 radical (unpaired) electrons. The summed E-state index contributed by atoms with van der Waals surface area (Å²) in [4.78, 5) is 13.9. The molecule has 2 unspecified atom stereocenters. The topological polar surface area (TPSA) is 61.8 Å². The van der Waals surface area contributed by atoms with Gasteiger partial charge >= 0.3 is 5.97 Å². The first kappa shape index (κ1) is 15.9. The fourth-order valence-corrected chi connectivity index (χ4v) is 2.77. The Bertz CT molecular complexity index is 453. The van der Waals surface area contributed by atoms with Gasteiger partial charge in [-0.05, 0) is 31.0 Å². The van der Waals surface area contributed by atoms with Crippen LogP contribution < -0.4 is 5.32 Å². The van der Waals surface area contributed by atoms with Gasteiger partial charge in [-0.25, -0.2) is 4.79 Å². The van der Waals surface area contributed by atoms with Crippen molar-refractivity contribution in [2.45, 2.75) is 25.5 Å². The van der Waals surface area contributed by atoms with E-state index in [0.717, 1.165) is 31.7 Å². The first-order chi connectivity index (χ1) is 10.1. The molecule has 2 rings (SSSR count). The average molecular weight is 292 g/mol. The molecule has 2 N–H and O–H groups in total. The fourth-order valence-electron chi connectivity index (χ4n) is 2.77. The van der Waals surface area contributed by atoms with Gasteiger partial charge in [-0.3, -0.25) is 4.90 Å². The molecule has 0 aliphatic carbocycles. The van der Waals surface area contributed by atoms with Crippen LogP contribution in [0.4, 0.5) is 0 Å². The number of rotatable bonds is 5. The quantitative estimate of drug-likeness (QED) is 0.798. The van der Waals surface area contributed by atoms with Gasteiger partial charge in [0.1, 0.15) is 0 Å². The number of methoxy groups -OCH3 is 1. The Morgan fingerprint density at radius 2 is 1.95 bits per heavy atom. The smallest absolute Gasteiger partial charge is 0.337 e. The average Bonchev–Trinajstić information content (AvgIpc) is 2.53. The Morgan fingerprint density at radius 3 is 2.48 bits per heavy atom. The zero-order chi connectivity index (χ0) is 15.2. The molecule has 5 heteroatoms. The molecular formula is C16H24N2O3. The number of aliphatic hydroxyl groups is 1. The van der Waals surface area contributed by atoms with Gasteiger partial charge in [0, 0.05) is 32.2 Å². The van der Waals surface area contributed by atoms with Crippen molar-refractivity contribution >= 4 is 5.97 Å². The summed E-state index contributed by atoms with van der Waals surface area (Å²) < 4.78 is 4.72. The molecule has 1 saturated heterocycles. The van der Waals surface area contributed by atoms with E-state index in [1.165, 1.54) is 7.11 Å². The van der Waals surface area contributed by atoms with Crippen LogP contribution in [0.15, 0.2) is 24.3 Å². The van der Waals surface area contributed by atoms with Gasteiger partial charge in [-0.1, -0.05) is 12.1 Å². The van der Waals surface area contributed by atoms with Crippen LogP contribution >= 0.6 is 0 Å². The van der Waals surface area contributed by atoms with Gasteiger partial charge in [0.2, 0.25) is 0 Å². The number of nitrogens with zero attached hydrogens (tertiary/aromatic N) is 1. The Hall–Kier alpha value is -1.43. The standard InChI is InChI=1S/C16H24N2O3/c1-12(19)11-15(18-9-7-17-8-10-18)13-3-5-14(6-4-13)16(20)21-2/h3-6,12,15,17,19H,7-11H2,1-2H3. The van der Waals surface area contributed by atoms with Gasteiger partial charge in [-0.2, -0.15) is 0 Å². The van der Waals surface area contributed by atoms with E-state index >= 15 is 0 Å². The minimum Gasteiger partial charge on any atom is -0.465 e. The van der Waals surface area contributed by atoms with Crippen molar-refractivity contribution in [3.05, 3.63) is 35.4 Å². The minimum atomic E-state index is -0.356. The van der Waals surface area contributed by atoms with E-state index in [9.17, 15) is 9.90 Å². The van der Waals surface area contributed by atoms with E-state index in [4.69, 9.17) is 4.74 Å². The minimum absolute atomic E-state index is 0.179. The van der Waals surface area contributed by atoms with Crippen molar-refractivity contribution in [1.82, 2.24) is 10.2 Å². The summed E-state index contributed by atoms with van der Waals surface area (Å²) in [6.07, 6.45) is 0.336. The molecular weight excluding hydrogens is 268 g/mol. The van der Waals surface area contributed by atoms with Crippen LogP contribution in [0.1, 0.15) is 35.3 Å². The van der Waals surface area contributed by atoms with E-state index in [1.54, 1.807) is 12.1 Å². The molecule has 1 aliphatic heterocycles. The van der Waals surface area contributed by atoms with E-state index in [0.29, 0.717) is 12.0 Å². The van der Waals surface area contributed by atoms with Crippen molar-refractivity contribution < 1.29 is 14.6 Å². The summed E-state index contributed by atoms with van der Waals surface area (Å²) in [5.41, 5.74) is 1.68. The number of aliphatic hydroxyl groups excluding tert-OH is 1. The number of carbonyl (C=O) groups is 1. The molecule has 1 heterocycles. The lowest BCUT2D eigenvalue weighted by Gasteiger charge is -2.36. The zero-order valence-electron chi connectivity index (χ0n) is 12.7.